The Morgan fingerprint density at radius 1 is 1.03 bits per heavy atom. The summed E-state index contributed by atoms with van der Waals surface area (Å²) in [5, 5.41) is 0.690. The van der Waals surface area contributed by atoms with E-state index in [0.29, 0.717) is 35.8 Å². The first-order chi connectivity index (χ1) is 15.9. The van der Waals surface area contributed by atoms with Crippen molar-refractivity contribution in [2.45, 2.75) is 48.9 Å². The van der Waals surface area contributed by atoms with Gasteiger partial charge in [-0.2, -0.15) is 4.31 Å². The molecule has 1 saturated heterocycles. The maximum atomic E-state index is 13.2. The Kier molecular flexibility index (Phi) is 7.64. The third-order valence-electron chi connectivity index (χ3n) is 5.86. The first-order valence-electron chi connectivity index (χ1n) is 11.1. The molecular formula is C25H28ClN3O2S2. The number of anilines is 1. The van der Waals surface area contributed by atoms with E-state index in [1.54, 1.807) is 28.4 Å². The van der Waals surface area contributed by atoms with Crippen LogP contribution in [0.15, 0.2) is 76.5 Å². The van der Waals surface area contributed by atoms with Crippen molar-refractivity contribution in [2.24, 2.45) is 0 Å². The topological polar surface area (TPSA) is 53.5 Å². The Hall–Kier alpha value is -2.06. The Bertz CT molecular complexity index is 1190. The average molecular weight is 502 g/mol. The van der Waals surface area contributed by atoms with Crippen molar-refractivity contribution in [3.8, 4) is 0 Å². The summed E-state index contributed by atoms with van der Waals surface area (Å²) in [6.07, 6.45) is 2.30. The molecular weight excluding hydrogens is 474 g/mol. The summed E-state index contributed by atoms with van der Waals surface area (Å²) < 4.78 is 30.2. The molecule has 2 heterocycles. The maximum absolute atomic E-state index is 13.2. The van der Waals surface area contributed by atoms with Crippen molar-refractivity contribution in [3.05, 3.63) is 83.0 Å². The summed E-state index contributed by atoms with van der Waals surface area (Å²) in [6.45, 7) is 4.96. The molecule has 0 spiro atoms. The number of sulfonamides is 1. The number of halogens is 1. The van der Waals surface area contributed by atoms with Crippen LogP contribution in [0.2, 0.25) is 5.02 Å². The highest BCUT2D eigenvalue weighted by molar-refractivity contribution is 8.00. The van der Waals surface area contributed by atoms with Crippen LogP contribution in [-0.4, -0.2) is 36.8 Å². The second-order valence-electron chi connectivity index (χ2n) is 8.12. The number of aromatic nitrogens is 1. The predicted molar refractivity (Wildman–Crippen MR) is 136 cm³/mol. The van der Waals surface area contributed by atoms with Crippen molar-refractivity contribution in [1.82, 2.24) is 9.29 Å². The normalized spacial score (nSPS) is 15.5. The molecule has 3 aromatic rings. The Balaban J connectivity index is 1.53. The van der Waals surface area contributed by atoms with E-state index in [1.165, 1.54) is 0 Å². The highest BCUT2D eigenvalue weighted by atomic mass is 35.5. The zero-order valence-electron chi connectivity index (χ0n) is 18.8. The summed E-state index contributed by atoms with van der Waals surface area (Å²) in [5.41, 5.74) is 2.07. The lowest BCUT2D eigenvalue weighted by atomic mass is 10.1. The molecule has 174 valence electrons. The molecule has 0 bridgehead atoms. The zero-order valence-corrected chi connectivity index (χ0v) is 21.2. The summed E-state index contributed by atoms with van der Waals surface area (Å²) in [4.78, 5) is 6.05. The lowest BCUT2D eigenvalue weighted by Gasteiger charge is -2.38. The molecule has 0 N–H and O–H groups in total. The van der Waals surface area contributed by atoms with Gasteiger partial charge in [0.1, 0.15) is 5.82 Å². The minimum atomic E-state index is -3.50. The first-order valence-corrected chi connectivity index (χ1v) is 13.7. The molecule has 1 fully saturated rings. The lowest BCUT2D eigenvalue weighted by Crippen LogP contribution is -2.45. The van der Waals surface area contributed by atoms with Crippen LogP contribution < -0.4 is 4.31 Å². The molecule has 5 nitrogen and oxygen atoms in total. The molecule has 33 heavy (non-hydrogen) atoms. The van der Waals surface area contributed by atoms with Gasteiger partial charge in [0.15, 0.2) is 0 Å². The van der Waals surface area contributed by atoms with Gasteiger partial charge in [-0.25, -0.2) is 13.4 Å². The molecule has 1 aliphatic rings. The smallest absolute Gasteiger partial charge is 0.243 e. The van der Waals surface area contributed by atoms with Gasteiger partial charge in [-0.15, -0.1) is 0 Å². The van der Waals surface area contributed by atoms with Gasteiger partial charge in [-0.05, 0) is 80.1 Å². The molecule has 0 saturated carbocycles. The lowest BCUT2D eigenvalue weighted by molar-refractivity contribution is 0.322. The summed E-state index contributed by atoms with van der Waals surface area (Å²) >= 11 is 8.01. The van der Waals surface area contributed by atoms with Crippen LogP contribution in [0, 0.1) is 6.92 Å². The van der Waals surface area contributed by atoms with Gasteiger partial charge < -0.3 is 0 Å². The quantitative estimate of drug-likeness (QED) is 0.373. The third kappa shape index (κ3) is 5.54. The summed E-state index contributed by atoms with van der Waals surface area (Å²) in [5.74, 6) is 0.858. The van der Waals surface area contributed by atoms with Crippen molar-refractivity contribution >= 4 is 39.4 Å². The minimum absolute atomic E-state index is 0.134. The minimum Gasteiger partial charge on any atom is -0.293 e. The Morgan fingerprint density at radius 3 is 2.36 bits per heavy atom. The van der Waals surface area contributed by atoms with E-state index in [9.17, 15) is 8.42 Å². The molecule has 2 aromatic carbocycles. The van der Waals surface area contributed by atoms with Crippen LogP contribution >= 0.6 is 23.5 Å². The molecule has 0 atom stereocenters. The van der Waals surface area contributed by atoms with Crippen LogP contribution in [0.3, 0.4) is 0 Å². The van der Waals surface area contributed by atoms with E-state index in [0.717, 1.165) is 28.4 Å². The number of nitrogens with zero attached hydrogens (tertiary/aromatic N) is 3. The van der Waals surface area contributed by atoms with Crippen molar-refractivity contribution < 1.29 is 8.42 Å². The van der Waals surface area contributed by atoms with Gasteiger partial charge in [-0.3, -0.25) is 4.31 Å². The SMILES string of the molecule is CCc1ccc(S(=O)(=O)N2CCC(N(Sc3ccccc3Cl)c3cccc(C)n3)CC2)cc1. The van der Waals surface area contributed by atoms with E-state index in [2.05, 4.69) is 11.2 Å². The molecule has 1 aliphatic heterocycles. The fourth-order valence-electron chi connectivity index (χ4n) is 3.95. The predicted octanol–water partition coefficient (Wildman–Crippen LogP) is 5.97. The van der Waals surface area contributed by atoms with Gasteiger partial charge >= 0.3 is 0 Å². The van der Waals surface area contributed by atoms with Crippen LogP contribution in [0.5, 0.6) is 0 Å². The molecule has 0 amide bonds. The van der Waals surface area contributed by atoms with Gasteiger partial charge in [0, 0.05) is 29.7 Å². The highest BCUT2D eigenvalue weighted by Gasteiger charge is 2.33. The van der Waals surface area contributed by atoms with Crippen LogP contribution in [0.25, 0.3) is 0 Å². The van der Waals surface area contributed by atoms with Gasteiger partial charge in [0.2, 0.25) is 10.0 Å². The Labute approximate surface area is 206 Å². The van der Waals surface area contributed by atoms with Gasteiger partial charge in [-0.1, -0.05) is 48.9 Å². The average Bonchev–Trinajstić information content (AvgIpc) is 2.83. The third-order valence-corrected chi connectivity index (χ3v) is 9.45. The van der Waals surface area contributed by atoms with E-state index in [1.807, 2.05) is 61.5 Å². The standard InChI is InChI=1S/C25H28ClN3O2S2/c1-3-20-11-13-22(14-12-20)33(30,31)28-17-15-21(16-18-28)29(25-10-6-7-19(2)27-25)32-24-9-5-4-8-23(24)26/h4-14,21H,3,15-18H2,1-2H3. The van der Waals surface area contributed by atoms with Gasteiger partial charge in [0.25, 0.3) is 0 Å². The van der Waals surface area contributed by atoms with Crippen LogP contribution in [0.4, 0.5) is 5.82 Å². The zero-order chi connectivity index (χ0) is 23.4. The number of benzene rings is 2. The Morgan fingerprint density at radius 2 is 1.73 bits per heavy atom. The van der Waals surface area contributed by atoms with E-state index in [-0.39, 0.29) is 6.04 Å². The summed E-state index contributed by atoms with van der Waals surface area (Å²) in [7, 11) is -3.50. The van der Waals surface area contributed by atoms with Crippen LogP contribution in [-0.2, 0) is 16.4 Å². The molecule has 0 aliphatic carbocycles. The molecule has 4 rings (SSSR count). The number of aryl methyl sites for hydroxylation is 2. The van der Waals surface area contributed by atoms with Crippen LogP contribution in [0.1, 0.15) is 31.0 Å². The fourth-order valence-corrected chi connectivity index (χ4v) is 6.72. The number of piperidine rings is 1. The molecule has 1 aromatic heterocycles. The van der Waals surface area contributed by atoms with Crippen molar-refractivity contribution in [2.75, 3.05) is 17.4 Å². The number of rotatable bonds is 7. The number of pyridine rings is 1. The largest absolute Gasteiger partial charge is 0.293 e. The van der Waals surface area contributed by atoms with E-state index in [4.69, 9.17) is 16.6 Å². The van der Waals surface area contributed by atoms with E-state index >= 15 is 0 Å². The molecule has 0 unspecified atom stereocenters. The fraction of sp³-hybridized carbons (Fsp3) is 0.320. The van der Waals surface area contributed by atoms with Gasteiger partial charge in [0.05, 0.1) is 9.92 Å². The second kappa shape index (κ2) is 10.5. The number of hydrogen-bond donors (Lipinski definition) is 0. The second-order valence-corrected chi connectivity index (χ2v) is 11.5. The summed E-state index contributed by atoms with van der Waals surface area (Å²) in [6, 6.07) is 21.1. The molecule has 0 radical (unpaired) electrons. The highest BCUT2D eigenvalue weighted by Crippen LogP contribution is 2.37. The molecule has 8 heteroatoms. The maximum Gasteiger partial charge on any atom is 0.243 e. The van der Waals surface area contributed by atoms with Crippen molar-refractivity contribution in [1.29, 1.82) is 0 Å². The monoisotopic (exact) mass is 501 g/mol. The number of hydrogen-bond acceptors (Lipinski definition) is 5. The first kappa shape index (κ1) is 24.1. The van der Waals surface area contributed by atoms with Crippen molar-refractivity contribution in [3.63, 3.8) is 0 Å². The van der Waals surface area contributed by atoms with E-state index < -0.39 is 10.0 Å².